The Balaban J connectivity index is 1.61. The second kappa shape index (κ2) is 9.66. The average Bonchev–Trinajstić information content (AvgIpc) is 3.17. The van der Waals surface area contributed by atoms with E-state index in [1.807, 2.05) is 52.8 Å². The highest BCUT2D eigenvalue weighted by Crippen LogP contribution is 2.37. The fourth-order valence-corrected chi connectivity index (χ4v) is 3.62. The van der Waals surface area contributed by atoms with E-state index < -0.39 is 5.60 Å². The molecule has 1 aromatic heterocycles. The van der Waals surface area contributed by atoms with Crippen molar-refractivity contribution in [2.75, 3.05) is 13.2 Å². The Labute approximate surface area is 204 Å². The predicted octanol–water partition coefficient (Wildman–Crippen LogP) is 5.87. The molecule has 0 unspecified atom stereocenters. The normalized spacial score (nSPS) is 13.5. The van der Waals surface area contributed by atoms with Crippen molar-refractivity contribution in [3.05, 3.63) is 53.4 Å². The van der Waals surface area contributed by atoms with Gasteiger partial charge in [0.15, 0.2) is 0 Å². The number of ether oxygens (including phenoxy) is 3. The second-order valence-corrected chi connectivity index (χ2v) is 9.43. The number of amides is 1. The van der Waals surface area contributed by atoms with Crippen LogP contribution in [-0.2, 0) is 11.3 Å². The van der Waals surface area contributed by atoms with E-state index in [1.165, 1.54) is 0 Å². The average molecular weight is 477 g/mol. The van der Waals surface area contributed by atoms with Crippen LogP contribution < -0.4 is 9.47 Å². The number of nitrogens with zero attached hydrogens (tertiary/aromatic N) is 4. The lowest BCUT2D eigenvalue weighted by Crippen LogP contribution is -2.37. The number of aromatic nitrogens is 2. The van der Waals surface area contributed by atoms with Crippen LogP contribution in [0.4, 0.5) is 10.5 Å². The summed E-state index contributed by atoms with van der Waals surface area (Å²) >= 11 is 0. The molecule has 0 bridgehead atoms. The van der Waals surface area contributed by atoms with Gasteiger partial charge in [-0.25, -0.2) is 9.64 Å². The largest absolute Gasteiger partial charge is 0.502 e. The van der Waals surface area contributed by atoms with Crippen molar-refractivity contribution in [3.8, 4) is 34.3 Å². The molecule has 2 heterocycles. The van der Waals surface area contributed by atoms with Gasteiger partial charge in [0.05, 0.1) is 31.3 Å². The van der Waals surface area contributed by atoms with Gasteiger partial charge in [0, 0.05) is 11.1 Å². The van der Waals surface area contributed by atoms with Gasteiger partial charge in [-0.1, -0.05) is 17.3 Å². The molecule has 4 rings (SSSR count). The minimum atomic E-state index is -0.581. The molecule has 0 radical (unpaired) electrons. The minimum Gasteiger partial charge on any atom is -0.502 e. The molecule has 9 nitrogen and oxygen atoms in total. The molecule has 3 aromatic rings. The van der Waals surface area contributed by atoms with Crippen molar-refractivity contribution in [3.63, 3.8) is 0 Å². The summed E-state index contributed by atoms with van der Waals surface area (Å²) in [6, 6.07) is 10.8. The second-order valence-electron chi connectivity index (χ2n) is 9.43. The summed E-state index contributed by atoms with van der Waals surface area (Å²) in [6.07, 6.45) is -0.433. The van der Waals surface area contributed by atoms with Gasteiger partial charge in [0.1, 0.15) is 23.7 Å². The van der Waals surface area contributed by atoms with Gasteiger partial charge in [-0.3, -0.25) is 0 Å². The molecule has 0 spiro atoms. The molecule has 0 saturated heterocycles. The Morgan fingerprint density at radius 3 is 2.74 bits per heavy atom. The molecule has 1 aliphatic rings. The molecule has 0 fully saturated rings. The van der Waals surface area contributed by atoms with Gasteiger partial charge < -0.3 is 23.6 Å². The summed E-state index contributed by atoms with van der Waals surface area (Å²) in [6.45, 7) is 17.8. The summed E-state index contributed by atoms with van der Waals surface area (Å²) in [5.74, 6) is 1.75. The van der Waals surface area contributed by atoms with Crippen LogP contribution in [0, 0.1) is 6.57 Å². The Bertz CT molecular complexity index is 1270. The number of carbonyl (C=O) groups excluding carboxylic acids is 1. The van der Waals surface area contributed by atoms with Crippen LogP contribution in [0.2, 0.25) is 0 Å². The first kappa shape index (κ1) is 24.1. The smallest absolute Gasteiger partial charge is 0.410 e. The lowest BCUT2D eigenvalue weighted by Gasteiger charge is -2.26. The fourth-order valence-electron chi connectivity index (χ4n) is 3.62. The number of carbonyl (C=O) groups is 1. The van der Waals surface area contributed by atoms with Gasteiger partial charge in [-0.15, -0.1) is 0 Å². The molecule has 0 aliphatic carbocycles. The minimum absolute atomic E-state index is 0.0454. The molecule has 1 aliphatic heterocycles. The van der Waals surface area contributed by atoms with Crippen LogP contribution >= 0.6 is 0 Å². The monoisotopic (exact) mass is 476 g/mol. The SMILES string of the molecule is [C-]#[N+]c1cc(-c2nc(-c3cccc4c3OCCN(C(=O)OC(C)(C)C)C4)no2)ccc1OC(C)C. The third kappa shape index (κ3) is 5.54. The number of para-hydroxylation sites is 1. The zero-order chi connectivity index (χ0) is 25.2. The Morgan fingerprint density at radius 2 is 2.03 bits per heavy atom. The van der Waals surface area contributed by atoms with Crippen molar-refractivity contribution in [1.29, 1.82) is 0 Å². The first-order chi connectivity index (χ1) is 16.6. The molecular weight excluding hydrogens is 448 g/mol. The number of benzene rings is 2. The van der Waals surface area contributed by atoms with Gasteiger partial charge >= 0.3 is 6.09 Å². The molecule has 0 N–H and O–H groups in total. The molecule has 0 saturated carbocycles. The topological polar surface area (TPSA) is 91.3 Å². The summed E-state index contributed by atoms with van der Waals surface area (Å²) in [4.78, 5) is 22.3. The summed E-state index contributed by atoms with van der Waals surface area (Å²) in [5, 5.41) is 4.15. The zero-order valence-electron chi connectivity index (χ0n) is 20.5. The highest BCUT2D eigenvalue weighted by atomic mass is 16.6. The van der Waals surface area contributed by atoms with Crippen molar-refractivity contribution >= 4 is 11.8 Å². The van der Waals surface area contributed by atoms with E-state index >= 15 is 0 Å². The predicted molar refractivity (Wildman–Crippen MR) is 129 cm³/mol. The third-order valence-electron chi connectivity index (χ3n) is 5.07. The molecule has 182 valence electrons. The first-order valence-electron chi connectivity index (χ1n) is 11.4. The first-order valence-corrected chi connectivity index (χ1v) is 11.4. The molecule has 9 heteroatoms. The van der Waals surface area contributed by atoms with E-state index in [-0.39, 0.29) is 18.1 Å². The number of rotatable bonds is 4. The molecule has 0 atom stereocenters. The van der Waals surface area contributed by atoms with Crippen molar-refractivity contribution in [2.24, 2.45) is 0 Å². The summed E-state index contributed by atoms with van der Waals surface area (Å²) in [5.41, 5.74) is 1.89. The zero-order valence-corrected chi connectivity index (χ0v) is 20.5. The van der Waals surface area contributed by atoms with E-state index in [0.29, 0.717) is 53.8 Å². The standard InChI is InChI=1S/C26H28N4O5/c1-16(2)33-21-11-10-17(14-20(21)27-6)24-28-23(29-35-24)19-9-7-8-18-15-30(12-13-32-22(18)19)25(31)34-26(3,4)5/h7-11,14,16H,12-13,15H2,1-5H3. The molecule has 1 amide bonds. The van der Waals surface area contributed by atoms with E-state index in [1.54, 1.807) is 23.1 Å². The highest BCUT2D eigenvalue weighted by Gasteiger charge is 2.27. The van der Waals surface area contributed by atoms with Gasteiger partial charge in [-0.05, 0) is 58.9 Å². The number of fused-ring (bicyclic) bond motifs is 1. The van der Waals surface area contributed by atoms with Crippen molar-refractivity contribution in [2.45, 2.75) is 52.9 Å². The van der Waals surface area contributed by atoms with Crippen LogP contribution in [0.25, 0.3) is 27.7 Å². The van der Waals surface area contributed by atoms with Gasteiger partial charge in [-0.2, -0.15) is 4.98 Å². The highest BCUT2D eigenvalue weighted by molar-refractivity contribution is 5.72. The van der Waals surface area contributed by atoms with Crippen molar-refractivity contribution in [1.82, 2.24) is 15.0 Å². The van der Waals surface area contributed by atoms with Crippen LogP contribution in [0.3, 0.4) is 0 Å². The third-order valence-corrected chi connectivity index (χ3v) is 5.07. The van der Waals surface area contributed by atoms with E-state index in [2.05, 4.69) is 15.0 Å². The Hall–Kier alpha value is -4.06. The Morgan fingerprint density at radius 1 is 1.23 bits per heavy atom. The molecule has 2 aromatic carbocycles. The van der Waals surface area contributed by atoms with Crippen LogP contribution in [0.15, 0.2) is 40.9 Å². The summed E-state index contributed by atoms with van der Waals surface area (Å²) in [7, 11) is 0. The molecule has 35 heavy (non-hydrogen) atoms. The fraction of sp³-hybridized carbons (Fsp3) is 0.385. The maximum absolute atomic E-state index is 12.6. The molecular formula is C26H28N4O5. The quantitative estimate of drug-likeness (QED) is 0.435. The Kier molecular flexibility index (Phi) is 6.65. The van der Waals surface area contributed by atoms with Crippen LogP contribution in [0.1, 0.15) is 40.2 Å². The maximum atomic E-state index is 12.6. The van der Waals surface area contributed by atoms with Crippen LogP contribution in [0.5, 0.6) is 11.5 Å². The van der Waals surface area contributed by atoms with Gasteiger partial charge in [0.25, 0.3) is 5.89 Å². The number of hydrogen-bond donors (Lipinski definition) is 0. The summed E-state index contributed by atoms with van der Waals surface area (Å²) < 4.78 is 22.8. The van der Waals surface area contributed by atoms with E-state index in [9.17, 15) is 4.79 Å². The lowest BCUT2D eigenvalue weighted by atomic mass is 10.1. The van der Waals surface area contributed by atoms with E-state index in [4.69, 9.17) is 25.3 Å². The van der Waals surface area contributed by atoms with Crippen LogP contribution in [-0.4, -0.2) is 46.0 Å². The van der Waals surface area contributed by atoms with E-state index in [0.717, 1.165) is 5.56 Å². The maximum Gasteiger partial charge on any atom is 0.410 e. The van der Waals surface area contributed by atoms with Crippen molar-refractivity contribution < 1.29 is 23.5 Å². The van der Waals surface area contributed by atoms with Gasteiger partial charge in [0.2, 0.25) is 11.5 Å². The number of hydrogen-bond acceptors (Lipinski definition) is 7. The lowest BCUT2D eigenvalue weighted by molar-refractivity contribution is 0.0225.